The summed E-state index contributed by atoms with van der Waals surface area (Å²) in [6.45, 7) is 17.0. The van der Waals surface area contributed by atoms with E-state index in [1.165, 1.54) is 51.4 Å². The van der Waals surface area contributed by atoms with E-state index in [4.69, 9.17) is 4.43 Å². The van der Waals surface area contributed by atoms with Crippen LogP contribution in [0.2, 0.25) is 18.1 Å². The van der Waals surface area contributed by atoms with Crippen LogP contribution in [0, 0.1) is 34.5 Å². The van der Waals surface area contributed by atoms with Gasteiger partial charge in [-0.05, 0) is 110 Å². The van der Waals surface area contributed by atoms with E-state index >= 15 is 0 Å². The molecular formula is C25H46O2Si. The Labute approximate surface area is 175 Å². The highest BCUT2D eigenvalue weighted by Crippen LogP contribution is 2.66. The predicted molar refractivity (Wildman–Crippen MR) is 120 cm³/mol. The van der Waals surface area contributed by atoms with Gasteiger partial charge in [0.15, 0.2) is 8.32 Å². The minimum atomic E-state index is -1.67. The molecule has 0 aromatic rings. The molecule has 2 nitrogen and oxygen atoms in total. The zero-order chi connectivity index (χ0) is 20.5. The lowest BCUT2D eigenvalue weighted by Gasteiger charge is -2.61. The van der Waals surface area contributed by atoms with E-state index in [9.17, 15) is 5.11 Å². The molecule has 4 aliphatic rings. The highest BCUT2D eigenvalue weighted by atomic mass is 28.4. The third-order valence-electron chi connectivity index (χ3n) is 10.8. The predicted octanol–water partition coefficient (Wildman–Crippen LogP) is 6.78. The highest BCUT2D eigenvalue weighted by Gasteiger charge is 2.60. The minimum absolute atomic E-state index is 0.0438. The average molecular weight is 407 g/mol. The molecule has 1 unspecified atom stereocenters. The molecule has 28 heavy (non-hydrogen) atoms. The van der Waals surface area contributed by atoms with Crippen molar-refractivity contribution in [2.75, 3.05) is 0 Å². The van der Waals surface area contributed by atoms with Gasteiger partial charge in [-0.2, -0.15) is 0 Å². The molecule has 0 aromatic carbocycles. The van der Waals surface area contributed by atoms with E-state index in [2.05, 4.69) is 47.7 Å². The van der Waals surface area contributed by atoms with Gasteiger partial charge in [0, 0.05) is 6.10 Å². The number of aliphatic hydroxyl groups is 1. The first kappa shape index (κ1) is 21.4. The van der Waals surface area contributed by atoms with Gasteiger partial charge < -0.3 is 9.53 Å². The van der Waals surface area contributed by atoms with Crippen LogP contribution < -0.4 is 0 Å². The molecule has 0 saturated heterocycles. The molecule has 4 aliphatic carbocycles. The summed E-state index contributed by atoms with van der Waals surface area (Å²) < 4.78 is 6.88. The van der Waals surface area contributed by atoms with Crippen LogP contribution in [0.4, 0.5) is 0 Å². The van der Waals surface area contributed by atoms with Crippen molar-refractivity contribution in [1.82, 2.24) is 0 Å². The molecule has 162 valence electrons. The zero-order valence-corrected chi connectivity index (χ0v) is 20.7. The van der Waals surface area contributed by atoms with Gasteiger partial charge in [-0.25, -0.2) is 0 Å². The SMILES string of the molecule is CC(C)(C)[Si](C)(C)OC1CC[C@@]2(C)[C@@H](CC[C@@H]3[C@@H]2CC[C@]2(C)[C@@H](O)CC[C@@H]32)C1. The van der Waals surface area contributed by atoms with Gasteiger partial charge in [0.1, 0.15) is 0 Å². The molecule has 0 radical (unpaired) electrons. The van der Waals surface area contributed by atoms with Crippen molar-refractivity contribution < 1.29 is 9.53 Å². The molecule has 0 amide bonds. The average Bonchev–Trinajstić information content (AvgIpc) is 2.89. The Bertz CT molecular complexity index is 596. The van der Waals surface area contributed by atoms with Crippen molar-refractivity contribution in [2.45, 2.75) is 123 Å². The fraction of sp³-hybridized carbons (Fsp3) is 1.00. The topological polar surface area (TPSA) is 29.5 Å². The van der Waals surface area contributed by atoms with Gasteiger partial charge in [-0.3, -0.25) is 0 Å². The second kappa shape index (κ2) is 6.82. The smallest absolute Gasteiger partial charge is 0.192 e. The van der Waals surface area contributed by atoms with E-state index in [1.54, 1.807) is 0 Å². The fourth-order valence-corrected chi connectivity index (χ4v) is 9.29. The number of aliphatic hydroxyl groups excluding tert-OH is 1. The first-order chi connectivity index (χ1) is 12.9. The van der Waals surface area contributed by atoms with Crippen molar-refractivity contribution in [3.05, 3.63) is 0 Å². The molecule has 3 heteroatoms. The van der Waals surface area contributed by atoms with Crippen LogP contribution in [-0.4, -0.2) is 25.6 Å². The molecule has 0 aromatic heterocycles. The Hall–Kier alpha value is 0.137. The first-order valence-electron chi connectivity index (χ1n) is 12.2. The van der Waals surface area contributed by atoms with Crippen LogP contribution in [0.3, 0.4) is 0 Å². The van der Waals surface area contributed by atoms with Crippen molar-refractivity contribution in [1.29, 1.82) is 0 Å². The summed E-state index contributed by atoms with van der Waals surface area (Å²) in [4.78, 5) is 0. The molecule has 0 bridgehead atoms. The van der Waals surface area contributed by atoms with Gasteiger partial charge in [0.05, 0.1) is 6.10 Å². The Kier molecular flexibility index (Phi) is 5.21. The molecule has 4 rings (SSSR count). The molecule has 0 aliphatic heterocycles. The van der Waals surface area contributed by atoms with Crippen LogP contribution in [0.5, 0.6) is 0 Å². The lowest BCUT2D eigenvalue weighted by molar-refractivity contribution is -0.132. The Balaban J connectivity index is 1.48. The summed E-state index contributed by atoms with van der Waals surface area (Å²) in [7, 11) is -1.67. The number of fused-ring (bicyclic) bond motifs is 5. The summed E-state index contributed by atoms with van der Waals surface area (Å²) in [5.41, 5.74) is 0.734. The molecule has 1 N–H and O–H groups in total. The van der Waals surface area contributed by atoms with Crippen LogP contribution >= 0.6 is 0 Å². The maximum Gasteiger partial charge on any atom is 0.192 e. The van der Waals surface area contributed by atoms with Crippen molar-refractivity contribution in [3.8, 4) is 0 Å². The van der Waals surface area contributed by atoms with Crippen LogP contribution in [0.1, 0.15) is 92.4 Å². The van der Waals surface area contributed by atoms with Crippen LogP contribution in [0.25, 0.3) is 0 Å². The zero-order valence-electron chi connectivity index (χ0n) is 19.7. The first-order valence-corrected chi connectivity index (χ1v) is 15.2. The van der Waals surface area contributed by atoms with E-state index in [0.29, 0.717) is 16.6 Å². The summed E-state index contributed by atoms with van der Waals surface area (Å²) in [5.74, 6) is 3.40. The summed E-state index contributed by atoms with van der Waals surface area (Å²) in [5, 5.41) is 11.0. The normalized spacial score (nSPS) is 49.3. The van der Waals surface area contributed by atoms with Gasteiger partial charge in [-0.1, -0.05) is 34.6 Å². The molecule has 4 fully saturated rings. The fourth-order valence-electron chi connectivity index (χ4n) is 7.89. The number of hydrogen-bond donors (Lipinski definition) is 1. The Morgan fingerprint density at radius 2 is 1.50 bits per heavy atom. The highest BCUT2D eigenvalue weighted by molar-refractivity contribution is 6.74. The van der Waals surface area contributed by atoms with Crippen molar-refractivity contribution >= 4 is 8.32 Å². The maximum absolute atomic E-state index is 10.7. The van der Waals surface area contributed by atoms with Gasteiger partial charge >= 0.3 is 0 Å². The van der Waals surface area contributed by atoms with Gasteiger partial charge in [-0.15, -0.1) is 0 Å². The van der Waals surface area contributed by atoms with Gasteiger partial charge in [0.2, 0.25) is 0 Å². The standard InChI is InChI=1S/C25H46O2Si/c1-23(2,3)28(6,7)27-18-12-14-24(4)17(16-18)8-9-19-20-10-11-22(26)25(20,5)15-13-21(19)24/h17-22,26H,8-16H2,1-7H3/t17-,18?,19-,20-,21-,22-,24-,25-/m0/s1. The monoisotopic (exact) mass is 406 g/mol. The minimum Gasteiger partial charge on any atom is -0.414 e. The summed E-state index contributed by atoms with van der Waals surface area (Å²) in [6, 6.07) is 0. The van der Waals surface area contributed by atoms with E-state index in [0.717, 1.165) is 30.1 Å². The van der Waals surface area contributed by atoms with E-state index in [1.807, 2.05) is 0 Å². The van der Waals surface area contributed by atoms with Crippen LogP contribution in [-0.2, 0) is 4.43 Å². The van der Waals surface area contributed by atoms with Crippen LogP contribution in [0.15, 0.2) is 0 Å². The second-order valence-corrected chi connectivity index (χ2v) is 17.8. The molecular weight excluding hydrogens is 360 g/mol. The lowest BCUT2D eigenvalue weighted by atomic mass is 9.45. The molecule has 8 atom stereocenters. The van der Waals surface area contributed by atoms with Gasteiger partial charge in [0.25, 0.3) is 0 Å². The third-order valence-corrected chi connectivity index (χ3v) is 15.4. The molecule has 0 spiro atoms. The van der Waals surface area contributed by atoms with Crippen molar-refractivity contribution in [3.63, 3.8) is 0 Å². The third kappa shape index (κ3) is 3.17. The number of rotatable bonds is 2. The quantitative estimate of drug-likeness (QED) is 0.512. The summed E-state index contributed by atoms with van der Waals surface area (Å²) in [6.07, 6.45) is 12.1. The number of hydrogen-bond acceptors (Lipinski definition) is 2. The van der Waals surface area contributed by atoms with E-state index in [-0.39, 0.29) is 11.5 Å². The lowest BCUT2D eigenvalue weighted by Crippen LogP contribution is -2.55. The largest absolute Gasteiger partial charge is 0.414 e. The Morgan fingerprint density at radius 1 is 0.857 bits per heavy atom. The maximum atomic E-state index is 10.7. The second-order valence-electron chi connectivity index (χ2n) is 13.1. The molecule has 0 heterocycles. The summed E-state index contributed by atoms with van der Waals surface area (Å²) >= 11 is 0. The Morgan fingerprint density at radius 3 is 2.18 bits per heavy atom. The molecule has 4 saturated carbocycles. The van der Waals surface area contributed by atoms with Crippen molar-refractivity contribution in [2.24, 2.45) is 34.5 Å². The van der Waals surface area contributed by atoms with E-state index < -0.39 is 8.32 Å².